The van der Waals surface area contributed by atoms with E-state index in [1.54, 1.807) is 24.3 Å². The first kappa shape index (κ1) is 20.5. The largest absolute Gasteiger partial charge is 0.361 e. The van der Waals surface area contributed by atoms with Crippen LogP contribution in [0.5, 0.6) is 0 Å². The molecule has 144 valence electrons. The van der Waals surface area contributed by atoms with E-state index in [1.807, 2.05) is 12.1 Å². The van der Waals surface area contributed by atoms with Gasteiger partial charge in [-0.2, -0.15) is 4.79 Å². The van der Waals surface area contributed by atoms with Crippen molar-refractivity contribution in [3.63, 3.8) is 0 Å². The third-order valence-corrected chi connectivity index (χ3v) is 10.3. The minimum atomic E-state index is -3.66. The Kier molecular flexibility index (Phi) is 5.70. The summed E-state index contributed by atoms with van der Waals surface area (Å²) in [7, 11) is -3.66. The maximum Gasteiger partial charge on any atom is 0.314 e. The zero-order chi connectivity index (χ0) is 20.1. The van der Waals surface area contributed by atoms with E-state index in [-0.39, 0.29) is 16.5 Å². The summed E-state index contributed by atoms with van der Waals surface area (Å²) < 4.78 is 29.5. The quantitative estimate of drug-likeness (QED) is 0.284. The number of benzene rings is 2. The molecule has 1 saturated carbocycles. The maximum absolute atomic E-state index is 13.3. The Labute approximate surface area is 193 Å². The first-order valence-corrected chi connectivity index (χ1v) is 13.0. The topological polar surface area (TPSA) is 70.5 Å². The molecule has 0 N–H and O–H groups in total. The van der Waals surface area contributed by atoms with Crippen LogP contribution >= 0.6 is 54.5 Å². The van der Waals surface area contributed by atoms with Gasteiger partial charge < -0.3 is 5.53 Å². The zero-order valence-electron chi connectivity index (χ0n) is 14.6. The molecule has 2 aromatic carbocycles. The molecule has 2 unspecified atom stereocenters. The van der Waals surface area contributed by atoms with E-state index >= 15 is 0 Å². The Morgan fingerprint density at radius 2 is 1.79 bits per heavy atom. The normalized spacial score (nSPS) is 21.4. The summed E-state index contributed by atoms with van der Waals surface area (Å²) in [5.74, 6) is 0.162. The van der Waals surface area contributed by atoms with Gasteiger partial charge in [0.25, 0.3) is 0 Å². The number of hydrogen-bond acceptors (Lipinski definition) is 2. The van der Waals surface area contributed by atoms with Crippen LogP contribution in [0.25, 0.3) is 17.2 Å². The lowest BCUT2D eigenvalue weighted by molar-refractivity contribution is -0.00683. The molecule has 4 rings (SSSR count). The Bertz CT molecular complexity index is 1250. The van der Waals surface area contributed by atoms with Crippen molar-refractivity contribution in [2.75, 3.05) is 0 Å². The van der Waals surface area contributed by atoms with E-state index < -0.39 is 15.1 Å². The number of nitrogens with zero attached hydrogens (tertiary/aromatic N) is 2. The third-order valence-electron chi connectivity index (χ3n) is 5.42. The standard InChI is InChI=1S/C20H15Br2IN2O2S/c21-16-9-8-14-15(19(16)22)7-1-11-2-10-17(20(25-24)18(11)14)28(26,27)13-5-3-12(23)4-6-13/h3-9,11,17H,1-2,10H2. The van der Waals surface area contributed by atoms with Crippen LogP contribution in [0.15, 0.2) is 50.2 Å². The first-order valence-electron chi connectivity index (χ1n) is 8.74. The van der Waals surface area contributed by atoms with Gasteiger partial charge in [0.15, 0.2) is 15.1 Å². The van der Waals surface area contributed by atoms with E-state index in [4.69, 9.17) is 0 Å². The van der Waals surface area contributed by atoms with Crippen LogP contribution in [0.1, 0.15) is 19.3 Å². The molecule has 0 aliphatic heterocycles. The van der Waals surface area contributed by atoms with Gasteiger partial charge in [-0.05, 0) is 120 Å². The lowest BCUT2D eigenvalue weighted by Gasteiger charge is -2.29. The van der Waals surface area contributed by atoms with Crippen LogP contribution in [0.3, 0.4) is 0 Å². The van der Waals surface area contributed by atoms with Crippen molar-refractivity contribution in [2.24, 2.45) is 5.92 Å². The highest BCUT2D eigenvalue weighted by Gasteiger charge is 2.46. The lowest BCUT2D eigenvalue weighted by atomic mass is 9.77. The molecular weight excluding hydrogens is 619 g/mol. The molecule has 8 heteroatoms. The second-order valence-corrected chi connectivity index (χ2v) is 11.9. The Balaban J connectivity index is 1.93. The molecule has 1 fully saturated rings. The second kappa shape index (κ2) is 7.80. The van der Waals surface area contributed by atoms with E-state index in [9.17, 15) is 13.9 Å². The van der Waals surface area contributed by atoms with E-state index in [0.717, 1.165) is 41.4 Å². The number of halogens is 3. The number of fused-ring (bicyclic) bond motifs is 2. The fourth-order valence-electron chi connectivity index (χ4n) is 4.08. The van der Waals surface area contributed by atoms with Crippen molar-refractivity contribution >= 4 is 81.6 Å². The SMILES string of the molecule is [N-]=[N+]=C1C2=c3ccc(Br)c(Br)c3=CCC2CCC1S(=O)(=O)c1ccc(I)cc1. The van der Waals surface area contributed by atoms with E-state index in [2.05, 4.69) is 65.3 Å². The minimum absolute atomic E-state index is 0.162. The van der Waals surface area contributed by atoms with Gasteiger partial charge in [0.1, 0.15) is 0 Å². The Hall–Kier alpha value is -0.800. The van der Waals surface area contributed by atoms with Crippen molar-refractivity contribution in [3.8, 4) is 0 Å². The molecule has 0 saturated heterocycles. The van der Waals surface area contributed by atoms with Gasteiger partial charge in [-0.1, -0.05) is 12.1 Å². The zero-order valence-corrected chi connectivity index (χ0v) is 20.7. The molecule has 0 bridgehead atoms. The van der Waals surface area contributed by atoms with Crippen molar-refractivity contribution in [3.05, 3.63) is 64.9 Å². The molecule has 0 amide bonds. The molecule has 2 aliphatic carbocycles. The van der Waals surface area contributed by atoms with Crippen LogP contribution in [-0.4, -0.2) is 24.2 Å². The number of hydrogen-bond donors (Lipinski definition) is 0. The monoisotopic (exact) mass is 632 g/mol. The third kappa shape index (κ3) is 3.37. The fourth-order valence-corrected chi connectivity index (χ4v) is 7.05. The van der Waals surface area contributed by atoms with Crippen LogP contribution < -0.4 is 10.4 Å². The second-order valence-electron chi connectivity index (χ2n) is 6.92. The van der Waals surface area contributed by atoms with Crippen LogP contribution in [0.2, 0.25) is 0 Å². The maximum atomic E-state index is 13.3. The molecule has 0 spiro atoms. The molecule has 28 heavy (non-hydrogen) atoms. The van der Waals surface area contributed by atoms with E-state index in [1.165, 1.54) is 0 Å². The highest BCUT2D eigenvalue weighted by molar-refractivity contribution is 14.1. The van der Waals surface area contributed by atoms with Crippen LogP contribution in [0, 0.1) is 9.49 Å². The minimum Gasteiger partial charge on any atom is -0.361 e. The van der Waals surface area contributed by atoms with Gasteiger partial charge in [0.05, 0.1) is 4.90 Å². The predicted molar refractivity (Wildman–Crippen MR) is 125 cm³/mol. The van der Waals surface area contributed by atoms with Crippen LogP contribution in [0.4, 0.5) is 0 Å². The molecular formula is C20H15Br2IN2O2S. The van der Waals surface area contributed by atoms with Crippen molar-refractivity contribution in [1.82, 2.24) is 0 Å². The summed E-state index contributed by atoms with van der Waals surface area (Å²) in [5, 5.41) is 1.09. The average Bonchev–Trinajstić information content (AvgIpc) is 2.69. The summed E-state index contributed by atoms with van der Waals surface area (Å²) in [4.78, 5) is 3.79. The van der Waals surface area contributed by atoms with Crippen molar-refractivity contribution < 1.29 is 13.2 Å². The fraction of sp³-hybridized carbons (Fsp3) is 0.250. The molecule has 0 radical (unpaired) electrons. The summed E-state index contributed by atoms with van der Waals surface area (Å²) in [6.07, 6.45) is 4.16. The summed E-state index contributed by atoms with van der Waals surface area (Å²) in [5.41, 5.74) is 11.0. The van der Waals surface area contributed by atoms with Gasteiger partial charge in [0, 0.05) is 18.1 Å². The summed E-state index contributed by atoms with van der Waals surface area (Å²) in [6, 6.07) is 10.7. The summed E-state index contributed by atoms with van der Waals surface area (Å²) in [6.45, 7) is 0. The summed E-state index contributed by atoms with van der Waals surface area (Å²) >= 11 is 9.28. The Morgan fingerprint density at radius 3 is 2.46 bits per heavy atom. The van der Waals surface area contributed by atoms with Gasteiger partial charge in [-0.25, -0.2) is 8.42 Å². The molecule has 2 atom stereocenters. The molecule has 0 aromatic heterocycles. The van der Waals surface area contributed by atoms with Gasteiger partial charge in [-0.15, -0.1) is 0 Å². The number of sulfone groups is 1. The van der Waals surface area contributed by atoms with Gasteiger partial charge in [-0.3, -0.25) is 0 Å². The van der Waals surface area contributed by atoms with Crippen molar-refractivity contribution in [1.29, 1.82) is 0 Å². The molecule has 4 nitrogen and oxygen atoms in total. The smallest absolute Gasteiger partial charge is 0.314 e. The number of rotatable bonds is 2. The lowest BCUT2D eigenvalue weighted by Crippen LogP contribution is -2.45. The highest BCUT2D eigenvalue weighted by atomic mass is 127. The van der Waals surface area contributed by atoms with Gasteiger partial charge in [0.2, 0.25) is 0 Å². The van der Waals surface area contributed by atoms with Crippen molar-refractivity contribution in [2.45, 2.75) is 29.4 Å². The average molecular weight is 634 g/mol. The Morgan fingerprint density at radius 1 is 1.07 bits per heavy atom. The first-order chi connectivity index (χ1) is 13.3. The molecule has 0 heterocycles. The molecule has 2 aliphatic rings. The van der Waals surface area contributed by atoms with Crippen LogP contribution in [-0.2, 0) is 9.84 Å². The van der Waals surface area contributed by atoms with Gasteiger partial charge >= 0.3 is 5.71 Å². The van der Waals surface area contributed by atoms with E-state index in [0.29, 0.717) is 6.42 Å². The highest BCUT2D eigenvalue weighted by Crippen LogP contribution is 2.36. The predicted octanol–water partition coefficient (Wildman–Crippen LogP) is 4.07. The molecule has 2 aromatic rings.